The molecular weight excluding hydrogens is 255 g/mol. The highest BCUT2D eigenvalue weighted by atomic mass is 19.4. The molecule has 0 atom stereocenters. The quantitative estimate of drug-likeness (QED) is 0.784. The molecule has 0 unspecified atom stereocenters. The van der Waals surface area contributed by atoms with E-state index >= 15 is 0 Å². The first-order chi connectivity index (χ1) is 8.28. The minimum atomic E-state index is -4.98. The van der Waals surface area contributed by atoms with Gasteiger partial charge in [0.05, 0.1) is 7.11 Å². The van der Waals surface area contributed by atoms with E-state index in [1.54, 1.807) is 0 Å². The van der Waals surface area contributed by atoms with Crippen molar-refractivity contribution < 1.29 is 27.4 Å². The first-order valence-corrected chi connectivity index (χ1v) is 4.62. The van der Waals surface area contributed by atoms with E-state index in [1.165, 1.54) is 0 Å². The highest BCUT2D eigenvalue weighted by Gasteiger charge is 2.35. The third-order valence-electron chi connectivity index (χ3n) is 1.89. The fourth-order valence-corrected chi connectivity index (χ4v) is 1.22. The summed E-state index contributed by atoms with van der Waals surface area (Å²) < 4.78 is 44.7. The number of nitrogens with zero attached hydrogens (tertiary/aromatic N) is 1. The summed E-state index contributed by atoms with van der Waals surface area (Å²) in [5, 5.41) is 0. The molecule has 18 heavy (non-hydrogen) atoms. The summed E-state index contributed by atoms with van der Waals surface area (Å²) in [6.45, 7) is -0.303. The molecule has 0 spiro atoms. The molecule has 0 bridgehead atoms. The van der Waals surface area contributed by atoms with E-state index in [4.69, 9.17) is 11.5 Å². The molecule has 1 aromatic heterocycles. The zero-order valence-corrected chi connectivity index (χ0v) is 9.25. The van der Waals surface area contributed by atoms with Crippen molar-refractivity contribution in [3.05, 3.63) is 17.3 Å². The number of anilines is 1. The second-order valence-corrected chi connectivity index (χ2v) is 3.13. The van der Waals surface area contributed by atoms with Crippen molar-refractivity contribution in [2.75, 3.05) is 12.8 Å². The number of esters is 1. The number of carbonyl (C=O) groups is 1. The third-order valence-corrected chi connectivity index (χ3v) is 1.89. The summed E-state index contributed by atoms with van der Waals surface area (Å²) >= 11 is 0. The van der Waals surface area contributed by atoms with Gasteiger partial charge >= 0.3 is 12.3 Å². The molecule has 1 rings (SSSR count). The van der Waals surface area contributed by atoms with E-state index in [0.29, 0.717) is 0 Å². The van der Waals surface area contributed by atoms with Crippen LogP contribution in [0.25, 0.3) is 0 Å². The van der Waals surface area contributed by atoms with Gasteiger partial charge in [0.25, 0.3) is 0 Å². The minimum Gasteiger partial charge on any atom is -0.464 e. The van der Waals surface area contributed by atoms with Crippen molar-refractivity contribution in [2.45, 2.75) is 12.9 Å². The van der Waals surface area contributed by atoms with Gasteiger partial charge in [-0.3, -0.25) is 0 Å². The molecule has 0 saturated heterocycles. The number of carbonyl (C=O) groups excluding carboxylic acids is 1. The van der Waals surface area contributed by atoms with Gasteiger partial charge < -0.3 is 20.9 Å². The summed E-state index contributed by atoms with van der Waals surface area (Å²) in [7, 11) is 0.993. The summed E-state index contributed by atoms with van der Waals surface area (Å²) in [6, 6.07) is 1.09. The van der Waals surface area contributed by atoms with Gasteiger partial charge in [-0.2, -0.15) is 0 Å². The number of ether oxygens (including phenoxy) is 2. The second kappa shape index (κ2) is 5.08. The van der Waals surface area contributed by atoms with Crippen LogP contribution < -0.4 is 16.2 Å². The van der Waals surface area contributed by atoms with Gasteiger partial charge in [0, 0.05) is 12.1 Å². The molecule has 100 valence electrons. The third kappa shape index (κ3) is 3.23. The summed E-state index contributed by atoms with van der Waals surface area (Å²) in [5.74, 6) is -2.06. The molecule has 0 aromatic carbocycles. The van der Waals surface area contributed by atoms with Crippen molar-refractivity contribution >= 4 is 11.8 Å². The summed E-state index contributed by atoms with van der Waals surface area (Å²) in [6.07, 6.45) is -4.98. The molecule has 0 aliphatic rings. The molecule has 0 saturated carbocycles. The Morgan fingerprint density at radius 3 is 2.56 bits per heavy atom. The summed E-state index contributed by atoms with van der Waals surface area (Å²) in [4.78, 5) is 14.8. The van der Waals surface area contributed by atoms with E-state index in [0.717, 1.165) is 13.2 Å². The van der Waals surface area contributed by atoms with Crippen molar-refractivity contribution in [1.29, 1.82) is 0 Å². The molecule has 1 heterocycles. The van der Waals surface area contributed by atoms with E-state index in [9.17, 15) is 18.0 Å². The molecule has 4 N–H and O–H groups in total. The largest absolute Gasteiger partial charge is 0.573 e. The lowest BCUT2D eigenvalue weighted by atomic mass is 10.2. The van der Waals surface area contributed by atoms with Crippen LogP contribution in [0.4, 0.5) is 19.0 Å². The summed E-state index contributed by atoms with van der Waals surface area (Å²) in [5.41, 5.74) is 9.85. The SMILES string of the molecule is COC(=O)c1nc(N)cc(CN)c1OC(F)(F)F. The van der Waals surface area contributed by atoms with Gasteiger partial charge in [-0.05, 0) is 6.07 Å². The van der Waals surface area contributed by atoms with Crippen LogP contribution in [0.5, 0.6) is 5.75 Å². The Morgan fingerprint density at radius 1 is 1.50 bits per heavy atom. The number of hydrogen-bond acceptors (Lipinski definition) is 6. The van der Waals surface area contributed by atoms with Crippen molar-refractivity contribution in [3.63, 3.8) is 0 Å². The molecule has 6 nitrogen and oxygen atoms in total. The zero-order valence-electron chi connectivity index (χ0n) is 9.25. The van der Waals surface area contributed by atoms with Crippen LogP contribution in [-0.2, 0) is 11.3 Å². The molecule has 9 heteroatoms. The van der Waals surface area contributed by atoms with Crippen LogP contribution >= 0.6 is 0 Å². The van der Waals surface area contributed by atoms with Crippen molar-refractivity contribution in [1.82, 2.24) is 4.98 Å². The lowest BCUT2D eigenvalue weighted by Crippen LogP contribution is -2.22. The van der Waals surface area contributed by atoms with Crippen molar-refractivity contribution in [3.8, 4) is 5.75 Å². The van der Waals surface area contributed by atoms with E-state index < -0.39 is 23.8 Å². The molecule has 0 aliphatic carbocycles. The smallest absolute Gasteiger partial charge is 0.464 e. The predicted molar refractivity (Wildman–Crippen MR) is 54.6 cm³/mol. The van der Waals surface area contributed by atoms with Gasteiger partial charge in [0.1, 0.15) is 5.82 Å². The van der Waals surface area contributed by atoms with Gasteiger partial charge in [0.15, 0.2) is 11.4 Å². The molecule has 1 aromatic rings. The van der Waals surface area contributed by atoms with Crippen LogP contribution in [0.15, 0.2) is 6.07 Å². The van der Waals surface area contributed by atoms with Crippen LogP contribution in [0.1, 0.15) is 16.1 Å². The fourth-order valence-electron chi connectivity index (χ4n) is 1.22. The fraction of sp³-hybridized carbons (Fsp3) is 0.333. The number of alkyl halides is 3. The number of rotatable bonds is 3. The Kier molecular flexibility index (Phi) is 3.96. The van der Waals surface area contributed by atoms with Crippen LogP contribution in [0, 0.1) is 0 Å². The van der Waals surface area contributed by atoms with Gasteiger partial charge in [-0.15, -0.1) is 13.2 Å². The predicted octanol–water partition coefficient (Wildman–Crippen LogP) is 0.808. The first kappa shape index (κ1) is 14.0. The zero-order chi connectivity index (χ0) is 13.9. The monoisotopic (exact) mass is 265 g/mol. The van der Waals surface area contributed by atoms with Crippen LogP contribution in [0.3, 0.4) is 0 Å². The Labute approximate surface area is 99.7 Å². The van der Waals surface area contributed by atoms with Crippen LogP contribution in [0.2, 0.25) is 0 Å². The average Bonchev–Trinajstić information content (AvgIpc) is 2.28. The number of hydrogen-bond donors (Lipinski definition) is 2. The van der Waals surface area contributed by atoms with Gasteiger partial charge in [-0.1, -0.05) is 0 Å². The Balaban J connectivity index is 3.38. The number of pyridine rings is 1. The minimum absolute atomic E-state index is 0.0970. The molecular formula is C9H10F3N3O3. The standard InChI is InChI=1S/C9H10F3N3O3/c1-17-8(16)6-7(18-9(10,11)12)4(3-13)2-5(14)15-6/h2H,3,13H2,1H3,(H2,14,15). The van der Waals surface area contributed by atoms with E-state index in [-0.39, 0.29) is 17.9 Å². The average molecular weight is 265 g/mol. The topological polar surface area (TPSA) is 100 Å². The molecule has 0 radical (unpaired) electrons. The normalized spacial score (nSPS) is 11.2. The number of nitrogen functional groups attached to an aromatic ring is 1. The molecule has 0 aliphatic heterocycles. The number of aromatic nitrogens is 1. The van der Waals surface area contributed by atoms with E-state index in [2.05, 4.69) is 14.5 Å². The maximum Gasteiger partial charge on any atom is 0.573 e. The first-order valence-electron chi connectivity index (χ1n) is 4.62. The van der Waals surface area contributed by atoms with Gasteiger partial charge in [-0.25, -0.2) is 9.78 Å². The molecule has 0 amide bonds. The highest BCUT2D eigenvalue weighted by molar-refractivity contribution is 5.91. The van der Waals surface area contributed by atoms with Crippen molar-refractivity contribution in [2.24, 2.45) is 5.73 Å². The maximum atomic E-state index is 12.2. The van der Waals surface area contributed by atoms with Crippen LogP contribution in [-0.4, -0.2) is 24.4 Å². The second-order valence-electron chi connectivity index (χ2n) is 3.13. The number of halogens is 3. The van der Waals surface area contributed by atoms with E-state index in [1.807, 2.05) is 0 Å². The maximum absolute atomic E-state index is 12.2. The van der Waals surface area contributed by atoms with Gasteiger partial charge in [0.2, 0.25) is 0 Å². The number of methoxy groups -OCH3 is 1. The Morgan fingerprint density at radius 2 is 2.11 bits per heavy atom. The Bertz CT molecular complexity index is 462. The lowest BCUT2D eigenvalue weighted by molar-refractivity contribution is -0.275. The highest BCUT2D eigenvalue weighted by Crippen LogP contribution is 2.30. The number of nitrogens with two attached hydrogens (primary N) is 2. The lowest BCUT2D eigenvalue weighted by Gasteiger charge is -2.15. The molecule has 0 fully saturated rings. The Hall–Kier alpha value is -2.03.